The summed E-state index contributed by atoms with van der Waals surface area (Å²) in [6, 6.07) is 11.1. The second-order valence-corrected chi connectivity index (χ2v) is 9.13. The van der Waals surface area contributed by atoms with Crippen LogP contribution in [-0.4, -0.2) is 34.9 Å². The lowest BCUT2D eigenvalue weighted by molar-refractivity contribution is -0.142. The Hall–Kier alpha value is -1.95. The fourth-order valence-electron chi connectivity index (χ4n) is 2.70. The van der Waals surface area contributed by atoms with Crippen LogP contribution in [0.25, 0.3) is 0 Å². The highest BCUT2D eigenvalue weighted by molar-refractivity contribution is 6.36. The Bertz CT molecular complexity index is 892. The van der Waals surface area contributed by atoms with Gasteiger partial charge >= 0.3 is 0 Å². The third-order valence-corrected chi connectivity index (χ3v) is 5.16. The van der Waals surface area contributed by atoms with Gasteiger partial charge in [0.2, 0.25) is 5.91 Å². The van der Waals surface area contributed by atoms with E-state index in [9.17, 15) is 9.59 Å². The normalized spacial score (nSPS) is 12.2. The molecule has 0 heterocycles. The molecule has 0 saturated carbocycles. The standard InChI is InChI=1S/C22H25Cl3N2O3/c1-14(21(29)26-22(2,3)4)27(12-17-18(24)9-6-10-19(17)25)20(28)13-30-16-8-5-7-15(23)11-16/h5-11,14H,12-13H2,1-4H3,(H,26,29)/t14-/m1/s1. The molecule has 8 heteroatoms. The molecule has 0 aliphatic heterocycles. The van der Waals surface area contributed by atoms with Gasteiger partial charge in [0.25, 0.3) is 5.91 Å². The van der Waals surface area contributed by atoms with Gasteiger partial charge in [-0.3, -0.25) is 9.59 Å². The van der Waals surface area contributed by atoms with Crippen molar-refractivity contribution in [2.24, 2.45) is 0 Å². The van der Waals surface area contributed by atoms with E-state index in [1.165, 1.54) is 4.90 Å². The van der Waals surface area contributed by atoms with Gasteiger partial charge in [0.15, 0.2) is 6.61 Å². The zero-order chi connectivity index (χ0) is 22.5. The van der Waals surface area contributed by atoms with Gasteiger partial charge in [-0.15, -0.1) is 0 Å². The molecular weight excluding hydrogens is 447 g/mol. The maximum atomic E-state index is 13.0. The first-order valence-corrected chi connectivity index (χ1v) is 10.5. The van der Waals surface area contributed by atoms with Crippen LogP contribution in [0.15, 0.2) is 42.5 Å². The number of halogens is 3. The summed E-state index contributed by atoms with van der Waals surface area (Å²) in [6.07, 6.45) is 0. The van der Waals surface area contributed by atoms with Crippen molar-refractivity contribution in [1.29, 1.82) is 0 Å². The molecule has 0 unspecified atom stereocenters. The Morgan fingerprint density at radius 3 is 2.23 bits per heavy atom. The lowest BCUT2D eigenvalue weighted by Gasteiger charge is -2.31. The molecule has 0 aromatic heterocycles. The number of hydrogen-bond donors (Lipinski definition) is 1. The number of carbonyl (C=O) groups is 2. The summed E-state index contributed by atoms with van der Waals surface area (Å²) in [5.74, 6) is -0.220. The summed E-state index contributed by atoms with van der Waals surface area (Å²) >= 11 is 18.5. The monoisotopic (exact) mass is 470 g/mol. The van der Waals surface area contributed by atoms with Crippen molar-refractivity contribution in [3.05, 3.63) is 63.1 Å². The van der Waals surface area contributed by atoms with E-state index in [4.69, 9.17) is 39.5 Å². The molecule has 0 spiro atoms. The topological polar surface area (TPSA) is 58.6 Å². The zero-order valence-electron chi connectivity index (χ0n) is 17.3. The van der Waals surface area contributed by atoms with Gasteiger partial charge < -0.3 is 15.0 Å². The van der Waals surface area contributed by atoms with Gasteiger partial charge in [0, 0.05) is 32.7 Å². The number of carbonyl (C=O) groups excluding carboxylic acids is 2. The lowest BCUT2D eigenvalue weighted by atomic mass is 10.1. The molecule has 5 nitrogen and oxygen atoms in total. The minimum atomic E-state index is -0.771. The predicted octanol–water partition coefficient (Wildman–Crippen LogP) is 5.36. The van der Waals surface area contributed by atoms with Crippen molar-refractivity contribution >= 4 is 46.6 Å². The Morgan fingerprint density at radius 2 is 1.67 bits per heavy atom. The molecule has 2 aromatic carbocycles. The maximum absolute atomic E-state index is 13.0. The van der Waals surface area contributed by atoms with Gasteiger partial charge in [0.1, 0.15) is 11.8 Å². The quantitative estimate of drug-likeness (QED) is 0.591. The van der Waals surface area contributed by atoms with Crippen molar-refractivity contribution in [2.75, 3.05) is 6.61 Å². The SMILES string of the molecule is C[C@H](C(=O)NC(C)(C)C)N(Cc1c(Cl)cccc1Cl)C(=O)COc1cccc(Cl)c1. The number of amides is 2. The molecule has 1 atom stereocenters. The van der Waals surface area contributed by atoms with E-state index in [-0.39, 0.29) is 25.0 Å². The van der Waals surface area contributed by atoms with Crippen molar-refractivity contribution in [3.8, 4) is 5.75 Å². The third kappa shape index (κ3) is 7.08. The van der Waals surface area contributed by atoms with Crippen LogP contribution in [0.3, 0.4) is 0 Å². The summed E-state index contributed by atoms with van der Waals surface area (Å²) in [5, 5.41) is 4.22. The van der Waals surface area contributed by atoms with Crippen LogP contribution >= 0.6 is 34.8 Å². The average molecular weight is 472 g/mol. The number of ether oxygens (including phenoxy) is 1. The molecule has 1 N–H and O–H groups in total. The van der Waals surface area contributed by atoms with E-state index in [2.05, 4.69) is 5.32 Å². The Balaban J connectivity index is 2.25. The van der Waals surface area contributed by atoms with E-state index >= 15 is 0 Å². The van der Waals surface area contributed by atoms with E-state index < -0.39 is 11.6 Å². The molecule has 30 heavy (non-hydrogen) atoms. The summed E-state index contributed by atoms with van der Waals surface area (Å²) in [5.41, 5.74) is 0.117. The van der Waals surface area contributed by atoms with Crippen molar-refractivity contribution in [2.45, 2.75) is 45.8 Å². The zero-order valence-corrected chi connectivity index (χ0v) is 19.6. The molecule has 0 bridgehead atoms. The predicted molar refractivity (Wildman–Crippen MR) is 121 cm³/mol. The van der Waals surface area contributed by atoms with Crippen LogP contribution in [0.5, 0.6) is 5.75 Å². The molecule has 0 aliphatic carbocycles. The third-order valence-electron chi connectivity index (χ3n) is 4.21. The molecular formula is C22H25Cl3N2O3. The van der Waals surface area contributed by atoms with Crippen LogP contribution in [-0.2, 0) is 16.1 Å². The molecule has 2 aromatic rings. The second-order valence-electron chi connectivity index (χ2n) is 7.88. The minimum absolute atomic E-state index is 0.0645. The molecule has 0 saturated heterocycles. The summed E-state index contributed by atoms with van der Waals surface area (Å²) < 4.78 is 5.59. The fraction of sp³-hybridized carbons (Fsp3) is 0.364. The molecule has 2 amide bonds. The van der Waals surface area contributed by atoms with Crippen LogP contribution in [0, 0.1) is 0 Å². The van der Waals surface area contributed by atoms with Crippen LogP contribution in [0.1, 0.15) is 33.3 Å². The molecule has 0 aliphatic rings. The fourth-order valence-corrected chi connectivity index (χ4v) is 3.39. The first-order chi connectivity index (χ1) is 14.0. The maximum Gasteiger partial charge on any atom is 0.261 e. The highest BCUT2D eigenvalue weighted by atomic mass is 35.5. The number of hydrogen-bond acceptors (Lipinski definition) is 3. The van der Waals surface area contributed by atoms with Gasteiger partial charge in [-0.25, -0.2) is 0 Å². The molecule has 0 radical (unpaired) electrons. The first-order valence-electron chi connectivity index (χ1n) is 9.40. The number of nitrogens with zero attached hydrogens (tertiary/aromatic N) is 1. The molecule has 2 rings (SSSR count). The van der Waals surface area contributed by atoms with Crippen LogP contribution < -0.4 is 10.1 Å². The summed E-state index contributed by atoms with van der Waals surface area (Å²) in [4.78, 5) is 27.2. The molecule has 162 valence electrons. The van der Waals surface area contributed by atoms with Crippen LogP contribution in [0.2, 0.25) is 15.1 Å². The van der Waals surface area contributed by atoms with Gasteiger partial charge in [0.05, 0.1) is 0 Å². The van der Waals surface area contributed by atoms with Crippen molar-refractivity contribution in [3.63, 3.8) is 0 Å². The second kappa shape index (κ2) is 10.4. The minimum Gasteiger partial charge on any atom is -0.484 e. The Labute approximate surface area is 192 Å². The highest BCUT2D eigenvalue weighted by Gasteiger charge is 2.29. The van der Waals surface area contributed by atoms with Crippen molar-refractivity contribution < 1.29 is 14.3 Å². The highest BCUT2D eigenvalue weighted by Crippen LogP contribution is 2.27. The largest absolute Gasteiger partial charge is 0.484 e. The van der Waals surface area contributed by atoms with Gasteiger partial charge in [-0.2, -0.15) is 0 Å². The Morgan fingerprint density at radius 1 is 1.07 bits per heavy atom. The first kappa shape index (κ1) is 24.3. The van der Waals surface area contributed by atoms with Gasteiger partial charge in [-0.05, 0) is 58.0 Å². The van der Waals surface area contributed by atoms with Crippen LogP contribution in [0.4, 0.5) is 0 Å². The summed E-state index contributed by atoms with van der Waals surface area (Å²) in [6.45, 7) is 7.07. The molecule has 0 fully saturated rings. The lowest BCUT2D eigenvalue weighted by Crippen LogP contribution is -2.53. The van der Waals surface area contributed by atoms with Crippen molar-refractivity contribution in [1.82, 2.24) is 10.2 Å². The number of rotatable bonds is 7. The van der Waals surface area contributed by atoms with E-state index in [0.29, 0.717) is 26.4 Å². The number of benzene rings is 2. The van der Waals surface area contributed by atoms with Gasteiger partial charge in [-0.1, -0.05) is 46.9 Å². The Kier molecular flexibility index (Phi) is 8.42. The van der Waals surface area contributed by atoms with E-state index in [0.717, 1.165) is 0 Å². The van der Waals surface area contributed by atoms with E-state index in [1.54, 1.807) is 49.4 Å². The summed E-state index contributed by atoms with van der Waals surface area (Å²) in [7, 11) is 0. The smallest absolute Gasteiger partial charge is 0.261 e. The number of nitrogens with one attached hydrogen (secondary N) is 1. The average Bonchev–Trinajstić information content (AvgIpc) is 2.64. The van der Waals surface area contributed by atoms with E-state index in [1.807, 2.05) is 20.8 Å².